The summed E-state index contributed by atoms with van der Waals surface area (Å²) >= 11 is 5.98. The number of carbonyl (C=O) groups excluding carboxylic acids is 1. The fourth-order valence-electron chi connectivity index (χ4n) is 4.20. The summed E-state index contributed by atoms with van der Waals surface area (Å²) in [5.41, 5.74) is 3.38. The zero-order valence-electron chi connectivity index (χ0n) is 20.0. The highest BCUT2D eigenvalue weighted by Gasteiger charge is 2.34. The van der Waals surface area contributed by atoms with E-state index in [-0.39, 0.29) is 6.61 Å². The molecule has 35 heavy (non-hydrogen) atoms. The predicted molar refractivity (Wildman–Crippen MR) is 135 cm³/mol. The lowest BCUT2D eigenvalue weighted by atomic mass is 10.1. The van der Waals surface area contributed by atoms with Crippen LogP contribution >= 0.6 is 11.6 Å². The van der Waals surface area contributed by atoms with Gasteiger partial charge in [-0.15, -0.1) is 0 Å². The molecule has 1 fully saturated rings. The van der Waals surface area contributed by atoms with Crippen LogP contribution in [0.2, 0.25) is 5.15 Å². The summed E-state index contributed by atoms with van der Waals surface area (Å²) in [5, 5.41) is 0.413. The van der Waals surface area contributed by atoms with Crippen LogP contribution in [0, 0.1) is 0 Å². The van der Waals surface area contributed by atoms with Crippen molar-refractivity contribution in [3.05, 3.63) is 59.5 Å². The van der Waals surface area contributed by atoms with E-state index in [9.17, 15) is 4.79 Å². The van der Waals surface area contributed by atoms with E-state index < -0.39 is 11.7 Å². The first-order valence-electron chi connectivity index (χ1n) is 11.5. The molecule has 0 N–H and O–H groups in total. The van der Waals surface area contributed by atoms with Crippen LogP contribution in [0.25, 0.3) is 11.1 Å². The number of nitrogens with zero attached hydrogens (tertiary/aromatic N) is 4. The Morgan fingerprint density at radius 1 is 1.03 bits per heavy atom. The lowest BCUT2D eigenvalue weighted by Gasteiger charge is -2.32. The Hall–Kier alpha value is -3.36. The third kappa shape index (κ3) is 4.90. The molecule has 8 nitrogen and oxygen atoms in total. The largest absolute Gasteiger partial charge is 0.486 e. The van der Waals surface area contributed by atoms with Crippen LogP contribution in [0.4, 0.5) is 22.0 Å². The maximum Gasteiger partial charge on any atom is 0.420 e. The number of amides is 1. The van der Waals surface area contributed by atoms with Gasteiger partial charge in [-0.2, -0.15) is 0 Å². The summed E-state index contributed by atoms with van der Waals surface area (Å²) in [5.74, 6) is 1.06. The van der Waals surface area contributed by atoms with Gasteiger partial charge in [-0.05, 0) is 56.7 Å². The van der Waals surface area contributed by atoms with E-state index in [0.29, 0.717) is 35.6 Å². The average molecular weight is 495 g/mol. The molecule has 2 aliphatic heterocycles. The second kappa shape index (κ2) is 9.36. The minimum absolute atomic E-state index is 0.268. The summed E-state index contributed by atoms with van der Waals surface area (Å²) in [7, 11) is 0. The molecule has 0 unspecified atom stereocenters. The van der Waals surface area contributed by atoms with E-state index >= 15 is 0 Å². The Balaban J connectivity index is 1.65. The SMILES string of the molecule is CC(C)(C)OC(=O)N1c2cc(-c3ccc(Cl)nc3)ccc2OCc2c(N3CCOCC3)ccnc21. The van der Waals surface area contributed by atoms with Crippen molar-refractivity contribution in [2.45, 2.75) is 33.0 Å². The zero-order valence-corrected chi connectivity index (χ0v) is 20.7. The van der Waals surface area contributed by atoms with Crippen molar-refractivity contribution >= 4 is 34.9 Å². The maximum absolute atomic E-state index is 13.6. The Morgan fingerprint density at radius 3 is 2.51 bits per heavy atom. The number of rotatable bonds is 2. The number of morpholine rings is 1. The lowest BCUT2D eigenvalue weighted by Crippen LogP contribution is -2.38. The Bertz CT molecular complexity index is 1240. The quantitative estimate of drug-likeness (QED) is 0.429. The van der Waals surface area contributed by atoms with Gasteiger partial charge in [0.25, 0.3) is 0 Å². The first-order valence-corrected chi connectivity index (χ1v) is 11.9. The number of halogens is 1. The molecule has 9 heteroatoms. The van der Waals surface area contributed by atoms with E-state index in [1.54, 1.807) is 18.5 Å². The molecule has 4 heterocycles. The molecule has 2 aliphatic rings. The number of carbonyl (C=O) groups is 1. The van der Waals surface area contributed by atoms with Gasteiger partial charge in [0.05, 0.1) is 24.5 Å². The van der Waals surface area contributed by atoms with Gasteiger partial charge in [-0.1, -0.05) is 17.7 Å². The third-order valence-electron chi connectivity index (χ3n) is 5.78. The molecule has 2 aromatic heterocycles. The van der Waals surface area contributed by atoms with E-state index in [1.165, 1.54) is 4.90 Å². The highest BCUT2D eigenvalue weighted by molar-refractivity contribution is 6.29. The van der Waals surface area contributed by atoms with Crippen LogP contribution in [0.15, 0.2) is 48.8 Å². The second-order valence-electron chi connectivity index (χ2n) is 9.39. The van der Waals surface area contributed by atoms with E-state index in [0.717, 1.165) is 35.5 Å². The van der Waals surface area contributed by atoms with Gasteiger partial charge in [0.15, 0.2) is 5.82 Å². The smallest absolute Gasteiger partial charge is 0.420 e. The number of aromatic nitrogens is 2. The predicted octanol–water partition coefficient (Wildman–Crippen LogP) is 5.60. The lowest BCUT2D eigenvalue weighted by molar-refractivity contribution is 0.0598. The van der Waals surface area contributed by atoms with Gasteiger partial charge in [-0.25, -0.2) is 19.7 Å². The number of hydrogen-bond acceptors (Lipinski definition) is 7. The highest BCUT2D eigenvalue weighted by Crippen LogP contribution is 2.44. The molecule has 1 aromatic carbocycles. The van der Waals surface area contributed by atoms with Crippen LogP contribution in [0.5, 0.6) is 5.75 Å². The van der Waals surface area contributed by atoms with Crippen LogP contribution in [0.1, 0.15) is 26.3 Å². The molecule has 0 saturated carbocycles. The molecule has 0 aliphatic carbocycles. The number of anilines is 3. The second-order valence-corrected chi connectivity index (χ2v) is 9.78. The fourth-order valence-corrected chi connectivity index (χ4v) is 4.31. The summed E-state index contributed by atoms with van der Waals surface area (Å²) in [4.78, 5) is 26.2. The summed E-state index contributed by atoms with van der Waals surface area (Å²) in [6.45, 7) is 8.59. The van der Waals surface area contributed by atoms with Crippen molar-refractivity contribution in [2.24, 2.45) is 0 Å². The number of benzene rings is 1. The zero-order chi connectivity index (χ0) is 24.6. The molecule has 5 rings (SSSR count). The summed E-state index contributed by atoms with van der Waals surface area (Å²) in [6.07, 6.45) is 2.89. The maximum atomic E-state index is 13.6. The topological polar surface area (TPSA) is 77.0 Å². The average Bonchev–Trinajstić information content (AvgIpc) is 3.00. The van der Waals surface area contributed by atoms with Gasteiger partial charge < -0.3 is 19.1 Å². The molecule has 1 saturated heterocycles. The van der Waals surface area contributed by atoms with Crippen LogP contribution in [-0.4, -0.2) is 48.0 Å². The normalized spacial score (nSPS) is 15.5. The summed E-state index contributed by atoms with van der Waals surface area (Å²) in [6, 6.07) is 11.3. The molecular formula is C26H27ClN4O4. The van der Waals surface area contributed by atoms with Crippen molar-refractivity contribution in [3.8, 4) is 16.9 Å². The molecule has 0 bridgehead atoms. The standard InChI is InChI=1S/C26H27ClN4O4/c1-26(2,3)35-25(32)31-21-14-17(18-5-7-23(27)29-15-18)4-6-22(21)34-16-19-20(8-9-28-24(19)31)30-10-12-33-13-11-30/h4-9,14-15H,10-13,16H2,1-3H3. The van der Waals surface area contributed by atoms with Crippen molar-refractivity contribution in [3.63, 3.8) is 0 Å². The molecule has 3 aromatic rings. The Morgan fingerprint density at radius 2 is 1.80 bits per heavy atom. The molecule has 0 radical (unpaired) electrons. The van der Waals surface area contributed by atoms with Gasteiger partial charge in [0, 0.05) is 36.7 Å². The van der Waals surface area contributed by atoms with E-state index in [1.807, 2.05) is 51.1 Å². The molecule has 0 atom stereocenters. The minimum Gasteiger partial charge on any atom is -0.486 e. The first-order chi connectivity index (χ1) is 16.8. The van der Waals surface area contributed by atoms with E-state index in [4.69, 9.17) is 25.8 Å². The summed E-state index contributed by atoms with van der Waals surface area (Å²) < 4.78 is 17.6. The van der Waals surface area contributed by atoms with Crippen molar-refractivity contribution < 1.29 is 19.0 Å². The highest BCUT2D eigenvalue weighted by atomic mass is 35.5. The van der Waals surface area contributed by atoms with Gasteiger partial charge in [0.1, 0.15) is 23.1 Å². The monoisotopic (exact) mass is 494 g/mol. The van der Waals surface area contributed by atoms with Crippen molar-refractivity contribution in [1.82, 2.24) is 9.97 Å². The first kappa shape index (κ1) is 23.4. The van der Waals surface area contributed by atoms with Gasteiger partial charge in [0.2, 0.25) is 0 Å². The van der Waals surface area contributed by atoms with Crippen LogP contribution in [-0.2, 0) is 16.1 Å². The number of hydrogen-bond donors (Lipinski definition) is 0. The van der Waals surface area contributed by atoms with E-state index in [2.05, 4.69) is 14.9 Å². The van der Waals surface area contributed by atoms with Crippen molar-refractivity contribution in [2.75, 3.05) is 36.1 Å². The minimum atomic E-state index is -0.690. The molecule has 1 amide bonds. The van der Waals surface area contributed by atoms with Crippen LogP contribution in [0.3, 0.4) is 0 Å². The van der Waals surface area contributed by atoms with Gasteiger partial charge in [-0.3, -0.25) is 0 Å². The molecular weight excluding hydrogens is 468 g/mol. The number of fused-ring (bicyclic) bond motifs is 2. The molecule has 182 valence electrons. The number of ether oxygens (including phenoxy) is 3. The third-order valence-corrected chi connectivity index (χ3v) is 6.00. The van der Waals surface area contributed by atoms with Crippen molar-refractivity contribution in [1.29, 1.82) is 0 Å². The fraction of sp³-hybridized carbons (Fsp3) is 0.346. The number of pyridine rings is 2. The van der Waals surface area contributed by atoms with Gasteiger partial charge >= 0.3 is 6.09 Å². The Kier molecular flexibility index (Phi) is 6.25. The van der Waals surface area contributed by atoms with Crippen LogP contribution < -0.4 is 14.5 Å². The molecule has 0 spiro atoms. The Labute approximate surface area is 209 Å².